The third-order valence-corrected chi connectivity index (χ3v) is 3.59. The molecular weight excluding hydrogens is 232 g/mol. The van der Waals surface area contributed by atoms with Gasteiger partial charge < -0.3 is 5.32 Å². The monoisotopic (exact) mass is 246 g/mol. The lowest BCUT2D eigenvalue weighted by atomic mass is 10.2. The second-order valence-corrected chi connectivity index (χ2v) is 5.03. The maximum absolute atomic E-state index is 11.8. The molecule has 1 amide bonds. The molecule has 2 rings (SSSR count). The molecule has 88 valence electrons. The highest BCUT2D eigenvalue weighted by molar-refractivity contribution is 7.13. The third-order valence-electron chi connectivity index (χ3n) is 2.52. The summed E-state index contributed by atoms with van der Waals surface area (Å²) in [6.45, 7) is 4.43. The van der Waals surface area contributed by atoms with E-state index in [2.05, 4.69) is 10.3 Å². The predicted molar refractivity (Wildman–Crippen MR) is 69.2 cm³/mol. The first kappa shape index (κ1) is 11.8. The van der Waals surface area contributed by atoms with Gasteiger partial charge in [0.05, 0.1) is 5.69 Å². The van der Waals surface area contributed by atoms with Crippen molar-refractivity contribution in [1.29, 1.82) is 0 Å². The molecule has 1 aromatic heterocycles. The second-order valence-electron chi connectivity index (χ2n) is 3.83. The van der Waals surface area contributed by atoms with E-state index in [9.17, 15) is 4.79 Å². The van der Waals surface area contributed by atoms with Crippen molar-refractivity contribution < 1.29 is 4.79 Å². The van der Waals surface area contributed by atoms with Crippen LogP contribution in [0, 0.1) is 13.8 Å². The number of benzene rings is 1. The van der Waals surface area contributed by atoms with E-state index in [1.165, 1.54) is 11.3 Å². The van der Waals surface area contributed by atoms with Gasteiger partial charge in [0.15, 0.2) is 5.01 Å². The van der Waals surface area contributed by atoms with Crippen molar-refractivity contribution in [3.8, 4) is 0 Å². The first-order valence-electron chi connectivity index (χ1n) is 5.43. The number of hydrogen-bond acceptors (Lipinski definition) is 3. The minimum absolute atomic E-state index is 0.102. The largest absolute Gasteiger partial charge is 0.346 e. The van der Waals surface area contributed by atoms with E-state index >= 15 is 0 Å². The summed E-state index contributed by atoms with van der Waals surface area (Å²) in [4.78, 5) is 17.1. The molecule has 0 aliphatic carbocycles. The van der Waals surface area contributed by atoms with Crippen LogP contribution in [0.3, 0.4) is 0 Å². The highest BCUT2D eigenvalue weighted by Crippen LogP contribution is 2.16. The summed E-state index contributed by atoms with van der Waals surface area (Å²) in [5.74, 6) is -0.102. The third kappa shape index (κ3) is 2.91. The molecule has 3 nitrogen and oxygen atoms in total. The summed E-state index contributed by atoms with van der Waals surface area (Å²) in [5, 5.41) is 3.40. The van der Waals surface area contributed by atoms with Crippen LogP contribution >= 0.6 is 11.3 Å². The van der Waals surface area contributed by atoms with Crippen molar-refractivity contribution in [2.75, 3.05) is 0 Å². The van der Waals surface area contributed by atoms with Gasteiger partial charge in [0.1, 0.15) is 0 Å². The number of carbonyl (C=O) groups is 1. The van der Waals surface area contributed by atoms with Crippen LogP contribution in [0.5, 0.6) is 0 Å². The van der Waals surface area contributed by atoms with Crippen molar-refractivity contribution in [1.82, 2.24) is 10.3 Å². The molecular formula is C13H14N2OS. The van der Waals surface area contributed by atoms with Gasteiger partial charge >= 0.3 is 0 Å². The number of thiazole rings is 1. The standard InChI is InChI=1S/C13H14N2OS/c1-9-10(2)17-13(15-9)12(16)14-8-11-6-4-3-5-7-11/h3-7H,8H2,1-2H3,(H,14,16). The van der Waals surface area contributed by atoms with Crippen LogP contribution < -0.4 is 5.32 Å². The maximum Gasteiger partial charge on any atom is 0.280 e. The van der Waals surface area contributed by atoms with Gasteiger partial charge in [0.2, 0.25) is 0 Å². The van der Waals surface area contributed by atoms with Crippen LogP contribution in [0.1, 0.15) is 25.9 Å². The zero-order valence-electron chi connectivity index (χ0n) is 9.86. The van der Waals surface area contributed by atoms with Gasteiger partial charge in [-0.25, -0.2) is 4.98 Å². The van der Waals surface area contributed by atoms with E-state index in [4.69, 9.17) is 0 Å². The first-order chi connectivity index (χ1) is 8.16. The number of hydrogen-bond donors (Lipinski definition) is 1. The molecule has 0 unspecified atom stereocenters. The molecule has 0 saturated heterocycles. The molecule has 1 aromatic carbocycles. The number of nitrogens with zero attached hydrogens (tertiary/aromatic N) is 1. The Balaban J connectivity index is 1.98. The minimum Gasteiger partial charge on any atom is -0.346 e. The zero-order valence-corrected chi connectivity index (χ0v) is 10.7. The van der Waals surface area contributed by atoms with Gasteiger partial charge in [0, 0.05) is 11.4 Å². The number of carbonyl (C=O) groups excluding carboxylic acids is 1. The fourth-order valence-electron chi connectivity index (χ4n) is 1.42. The Morgan fingerprint density at radius 2 is 2.00 bits per heavy atom. The van der Waals surface area contributed by atoms with Gasteiger partial charge in [-0.15, -0.1) is 11.3 Å². The van der Waals surface area contributed by atoms with Crippen LogP contribution in [-0.2, 0) is 6.54 Å². The molecule has 17 heavy (non-hydrogen) atoms. The lowest BCUT2D eigenvalue weighted by Gasteiger charge is -2.02. The van der Waals surface area contributed by atoms with Gasteiger partial charge in [-0.2, -0.15) is 0 Å². The van der Waals surface area contributed by atoms with Crippen LogP contribution in [0.25, 0.3) is 0 Å². The molecule has 0 saturated carbocycles. The molecule has 0 bridgehead atoms. The van der Waals surface area contributed by atoms with E-state index in [-0.39, 0.29) is 5.91 Å². The molecule has 0 aliphatic rings. The fraction of sp³-hybridized carbons (Fsp3) is 0.231. The summed E-state index contributed by atoms with van der Waals surface area (Å²) < 4.78 is 0. The zero-order chi connectivity index (χ0) is 12.3. The molecule has 1 N–H and O–H groups in total. The fourth-order valence-corrected chi connectivity index (χ4v) is 2.25. The lowest BCUT2D eigenvalue weighted by Crippen LogP contribution is -2.22. The molecule has 0 aliphatic heterocycles. The molecule has 4 heteroatoms. The van der Waals surface area contributed by atoms with Crippen molar-refractivity contribution in [2.45, 2.75) is 20.4 Å². The maximum atomic E-state index is 11.8. The normalized spacial score (nSPS) is 10.2. The lowest BCUT2D eigenvalue weighted by molar-refractivity contribution is 0.0950. The predicted octanol–water partition coefficient (Wildman–Crippen LogP) is 2.69. The van der Waals surface area contributed by atoms with Crippen LogP contribution in [0.4, 0.5) is 0 Å². The van der Waals surface area contributed by atoms with Crippen LogP contribution in [0.2, 0.25) is 0 Å². The SMILES string of the molecule is Cc1nc(C(=O)NCc2ccccc2)sc1C. The van der Waals surface area contributed by atoms with Crippen LogP contribution in [-0.4, -0.2) is 10.9 Å². The average Bonchev–Trinajstić information content (AvgIpc) is 2.68. The summed E-state index contributed by atoms with van der Waals surface area (Å²) >= 11 is 1.43. The Morgan fingerprint density at radius 3 is 2.59 bits per heavy atom. The van der Waals surface area contributed by atoms with Crippen molar-refractivity contribution >= 4 is 17.2 Å². The summed E-state index contributed by atoms with van der Waals surface area (Å²) in [7, 11) is 0. The van der Waals surface area contributed by atoms with E-state index in [1.54, 1.807) is 0 Å². The number of aromatic nitrogens is 1. The molecule has 0 fully saturated rings. The quantitative estimate of drug-likeness (QED) is 0.904. The molecule has 1 heterocycles. The van der Waals surface area contributed by atoms with E-state index in [1.807, 2.05) is 44.2 Å². The van der Waals surface area contributed by atoms with Crippen molar-refractivity contribution in [3.63, 3.8) is 0 Å². The molecule has 0 atom stereocenters. The Morgan fingerprint density at radius 1 is 1.29 bits per heavy atom. The van der Waals surface area contributed by atoms with E-state index in [0.29, 0.717) is 11.6 Å². The van der Waals surface area contributed by atoms with E-state index < -0.39 is 0 Å². The molecule has 0 spiro atoms. The Labute approximate surface area is 105 Å². The van der Waals surface area contributed by atoms with E-state index in [0.717, 1.165) is 16.1 Å². The number of amides is 1. The highest BCUT2D eigenvalue weighted by Gasteiger charge is 2.11. The van der Waals surface area contributed by atoms with Gasteiger partial charge in [0.25, 0.3) is 5.91 Å². The summed E-state index contributed by atoms with van der Waals surface area (Å²) in [5.41, 5.74) is 2.02. The summed E-state index contributed by atoms with van der Waals surface area (Å²) in [6.07, 6.45) is 0. The summed E-state index contributed by atoms with van der Waals surface area (Å²) in [6, 6.07) is 9.84. The molecule has 2 aromatic rings. The first-order valence-corrected chi connectivity index (χ1v) is 6.24. The second kappa shape index (κ2) is 5.10. The Bertz CT molecular complexity index is 500. The molecule has 0 radical (unpaired) electrons. The van der Waals surface area contributed by atoms with Crippen molar-refractivity contribution in [2.24, 2.45) is 0 Å². The Kier molecular flexibility index (Phi) is 3.54. The minimum atomic E-state index is -0.102. The van der Waals surface area contributed by atoms with Gasteiger partial charge in [-0.1, -0.05) is 30.3 Å². The Hall–Kier alpha value is -1.68. The highest BCUT2D eigenvalue weighted by atomic mass is 32.1. The van der Waals surface area contributed by atoms with Crippen molar-refractivity contribution in [3.05, 3.63) is 51.5 Å². The smallest absolute Gasteiger partial charge is 0.280 e. The number of rotatable bonds is 3. The number of aryl methyl sites for hydroxylation is 2. The topological polar surface area (TPSA) is 42.0 Å². The van der Waals surface area contributed by atoms with Gasteiger partial charge in [-0.3, -0.25) is 4.79 Å². The average molecular weight is 246 g/mol. The number of nitrogens with one attached hydrogen (secondary N) is 1. The van der Waals surface area contributed by atoms with Gasteiger partial charge in [-0.05, 0) is 19.4 Å². The van der Waals surface area contributed by atoms with Crippen LogP contribution in [0.15, 0.2) is 30.3 Å².